The maximum absolute atomic E-state index is 12.4. The molecule has 0 spiro atoms. The summed E-state index contributed by atoms with van der Waals surface area (Å²) >= 11 is 17.9. The van der Waals surface area contributed by atoms with Gasteiger partial charge >= 0.3 is 0 Å². The van der Waals surface area contributed by atoms with E-state index in [9.17, 15) is 9.59 Å². The number of fused-ring (bicyclic) bond motifs is 1. The zero-order chi connectivity index (χ0) is 16.7. The molecule has 118 valence electrons. The van der Waals surface area contributed by atoms with Crippen molar-refractivity contribution in [3.63, 3.8) is 0 Å². The maximum Gasteiger partial charge on any atom is 0.263 e. The fourth-order valence-electron chi connectivity index (χ4n) is 2.30. The van der Waals surface area contributed by atoms with Crippen molar-refractivity contribution in [3.8, 4) is 0 Å². The normalized spacial score (nSPS) is 13.5. The summed E-state index contributed by atoms with van der Waals surface area (Å²) in [5, 5.41) is 4.11. The molecule has 1 aliphatic rings. The molecule has 1 heterocycles. The lowest BCUT2D eigenvalue weighted by Crippen LogP contribution is -2.34. The van der Waals surface area contributed by atoms with Crippen molar-refractivity contribution in [1.29, 1.82) is 0 Å². The Bertz CT molecular complexity index is 795. The summed E-state index contributed by atoms with van der Waals surface area (Å²) in [5.74, 6) is -0.816. The van der Waals surface area contributed by atoms with E-state index in [2.05, 4.69) is 5.32 Å². The fraction of sp³-hybridized carbons (Fsp3) is 0.125. The molecule has 1 aliphatic heterocycles. The molecule has 0 radical (unpaired) electrons. The molecule has 0 unspecified atom stereocenters. The van der Waals surface area contributed by atoms with E-state index in [1.54, 1.807) is 6.07 Å². The highest BCUT2D eigenvalue weighted by Gasteiger charge is 2.36. The van der Waals surface area contributed by atoms with Crippen molar-refractivity contribution in [3.05, 3.63) is 62.1 Å². The largest absolute Gasteiger partial charge is 0.367 e. The second-order valence-corrected chi connectivity index (χ2v) is 6.37. The van der Waals surface area contributed by atoms with E-state index in [4.69, 9.17) is 34.8 Å². The van der Waals surface area contributed by atoms with Crippen LogP contribution in [0.1, 0.15) is 26.3 Å². The number of benzene rings is 2. The number of aryl methyl sites for hydroxylation is 1. The molecule has 2 aromatic carbocycles. The molecule has 0 fully saturated rings. The third kappa shape index (κ3) is 2.90. The highest BCUT2D eigenvalue weighted by molar-refractivity contribution is 6.43. The van der Waals surface area contributed by atoms with Crippen molar-refractivity contribution in [1.82, 2.24) is 4.90 Å². The summed E-state index contributed by atoms with van der Waals surface area (Å²) in [6, 6.07) is 8.26. The van der Waals surface area contributed by atoms with Gasteiger partial charge in [0, 0.05) is 10.7 Å². The van der Waals surface area contributed by atoms with Gasteiger partial charge in [0.1, 0.15) is 0 Å². The molecule has 0 saturated carbocycles. The zero-order valence-corrected chi connectivity index (χ0v) is 14.3. The fourth-order valence-corrected chi connectivity index (χ4v) is 2.81. The Morgan fingerprint density at radius 3 is 2.00 bits per heavy atom. The number of hydrogen-bond acceptors (Lipinski definition) is 3. The van der Waals surface area contributed by atoms with Crippen LogP contribution >= 0.6 is 34.8 Å². The van der Waals surface area contributed by atoms with Crippen LogP contribution in [0.3, 0.4) is 0 Å². The lowest BCUT2D eigenvalue weighted by Gasteiger charge is -2.16. The van der Waals surface area contributed by atoms with E-state index in [1.165, 1.54) is 12.1 Å². The van der Waals surface area contributed by atoms with Crippen molar-refractivity contribution in [2.45, 2.75) is 6.92 Å². The van der Waals surface area contributed by atoms with Gasteiger partial charge in [-0.1, -0.05) is 40.9 Å². The molecule has 3 rings (SSSR count). The molecule has 0 aromatic heterocycles. The topological polar surface area (TPSA) is 49.4 Å². The van der Waals surface area contributed by atoms with Crippen molar-refractivity contribution < 1.29 is 9.59 Å². The van der Waals surface area contributed by atoms with Gasteiger partial charge in [0.15, 0.2) is 0 Å². The lowest BCUT2D eigenvalue weighted by atomic mass is 10.1. The first-order chi connectivity index (χ1) is 10.9. The van der Waals surface area contributed by atoms with Crippen LogP contribution in [0.4, 0.5) is 5.69 Å². The van der Waals surface area contributed by atoms with Gasteiger partial charge in [0.05, 0.1) is 27.8 Å². The number of carbonyl (C=O) groups is 2. The molecular weight excluding hydrogens is 359 g/mol. The van der Waals surface area contributed by atoms with Gasteiger partial charge in [-0.25, -0.2) is 0 Å². The second kappa shape index (κ2) is 6.04. The molecule has 0 bridgehead atoms. The second-order valence-electron chi connectivity index (χ2n) is 5.15. The van der Waals surface area contributed by atoms with Crippen LogP contribution < -0.4 is 5.32 Å². The van der Waals surface area contributed by atoms with Crippen LogP contribution in [-0.2, 0) is 0 Å². The highest BCUT2D eigenvalue weighted by Crippen LogP contribution is 2.31. The van der Waals surface area contributed by atoms with Gasteiger partial charge in [-0.2, -0.15) is 0 Å². The summed E-state index contributed by atoms with van der Waals surface area (Å²) < 4.78 is 0. The molecule has 7 heteroatoms. The third-order valence-electron chi connectivity index (χ3n) is 3.62. The van der Waals surface area contributed by atoms with Crippen LogP contribution in [0.5, 0.6) is 0 Å². The van der Waals surface area contributed by atoms with Crippen LogP contribution in [0, 0.1) is 6.92 Å². The Morgan fingerprint density at radius 1 is 0.913 bits per heavy atom. The summed E-state index contributed by atoms with van der Waals surface area (Å²) in [5.41, 5.74) is 2.18. The van der Waals surface area contributed by atoms with Crippen molar-refractivity contribution >= 4 is 52.3 Å². The maximum atomic E-state index is 12.4. The predicted molar refractivity (Wildman–Crippen MR) is 91.6 cm³/mol. The first kappa shape index (κ1) is 16.1. The van der Waals surface area contributed by atoms with Gasteiger partial charge in [0.25, 0.3) is 11.8 Å². The van der Waals surface area contributed by atoms with Crippen molar-refractivity contribution in [2.75, 3.05) is 12.0 Å². The average Bonchev–Trinajstić information content (AvgIpc) is 2.73. The van der Waals surface area contributed by atoms with E-state index in [1.807, 2.05) is 19.1 Å². The molecule has 1 N–H and O–H groups in total. The van der Waals surface area contributed by atoms with E-state index in [0.717, 1.165) is 10.5 Å². The highest BCUT2D eigenvalue weighted by atomic mass is 35.5. The quantitative estimate of drug-likeness (QED) is 0.803. The molecule has 0 atom stereocenters. The minimum Gasteiger partial charge on any atom is -0.367 e. The number of anilines is 1. The molecule has 4 nitrogen and oxygen atoms in total. The Labute approximate surface area is 147 Å². The summed E-state index contributed by atoms with van der Waals surface area (Å²) in [4.78, 5) is 25.8. The van der Waals surface area contributed by atoms with Gasteiger partial charge in [0.2, 0.25) is 0 Å². The van der Waals surface area contributed by atoms with E-state index in [0.29, 0.717) is 10.7 Å². The first-order valence-electron chi connectivity index (χ1n) is 6.73. The molecule has 23 heavy (non-hydrogen) atoms. The number of carbonyl (C=O) groups excluding carboxylic acids is 2. The molecule has 0 aliphatic carbocycles. The van der Waals surface area contributed by atoms with E-state index >= 15 is 0 Å². The number of amides is 2. The standard InChI is InChI=1S/C16H11Cl3N2O2/c1-8-2-3-9(4-12(8)17)20-7-21-15(22)10-5-13(18)14(19)6-11(10)16(21)23/h2-6,20H,7H2,1H3. The van der Waals surface area contributed by atoms with Gasteiger partial charge in [-0.3, -0.25) is 14.5 Å². The summed E-state index contributed by atoms with van der Waals surface area (Å²) in [7, 11) is 0. The summed E-state index contributed by atoms with van der Waals surface area (Å²) in [6.07, 6.45) is 0. The van der Waals surface area contributed by atoms with Gasteiger partial charge in [-0.15, -0.1) is 0 Å². The SMILES string of the molecule is Cc1ccc(NCN2C(=O)c3cc(Cl)c(Cl)cc3C2=O)cc1Cl. The zero-order valence-electron chi connectivity index (χ0n) is 12.0. The average molecular weight is 370 g/mol. The lowest BCUT2D eigenvalue weighted by molar-refractivity contribution is 0.0666. The number of hydrogen-bond donors (Lipinski definition) is 1. The number of nitrogens with one attached hydrogen (secondary N) is 1. The molecule has 0 saturated heterocycles. The monoisotopic (exact) mass is 368 g/mol. The number of imide groups is 1. The van der Waals surface area contributed by atoms with Crippen LogP contribution in [0.15, 0.2) is 30.3 Å². The van der Waals surface area contributed by atoms with Gasteiger partial charge in [-0.05, 0) is 36.8 Å². The Hall–Kier alpha value is -1.75. The van der Waals surface area contributed by atoms with Crippen molar-refractivity contribution in [2.24, 2.45) is 0 Å². The number of halogens is 3. The Kier molecular flexibility index (Phi) is 4.23. The first-order valence-corrected chi connectivity index (χ1v) is 7.87. The Balaban J connectivity index is 1.81. The number of nitrogens with zero attached hydrogens (tertiary/aromatic N) is 1. The Morgan fingerprint density at radius 2 is 1.48 bits per heavy atom. The van der Waals surface area contributed by atoms with E-state index < -0.39 is 11.8 Å². The third-order valence-corrected chi connectivity index (χ3v) is 4.75. The van der Waals surface area contributed by atoms with Gasteiger partial charge < -0.3 is 5.32 Å². The van der Waals surface area contributed by atoms with Crippen LogP contribution in [0.25, 0.3) is 0 Å². The minimum absolute atomic E-state index is 0.0287. The van der Waals surface area contributed by atoms with Crippen LogP contribution in [0.2, 0.25) is 15.1 Å². The molecule has 2 aromatic rings. The van der Waals surface area contributed by atoms with Crippen LogP contribution in [-0.4, -0.2) is 23.4 Å². The predicted octanol–water partition coefficient (Wildman–Crippen LogP) is 4.62. The molecular formula is C16H11Cl3N2O2. The number of rotatable bonds is 3. The molecule has 2 amide bonds. The smallest absolute Gasteiger partial charge is 0.263 e. The summed E-state index contributed by atoms with van der Waals surface area (Å²) in [6.45, 7) is 1.92. The minimum atomic E-state index is -0.408. The van der Waals surface area contributed by atoms with E-state index in [-0.39, 0.29) is 27.8 Å².